The summed E-state index contributed by atoms with van der Waals surface area (Å²) in [5, 5.41) is 7.01. The molecule has 254 valence electrons. The van der Waals surface area contributed by atoms with Crippen molar-refractivity contribution in [2.75, 3.05) is 0 Å². The third-order valence-corrected chi connectivity index (χ3v) is 11.5. The predicted molar refractivity (Wildman–Crippen MR) is 224 cm³/mol. The molecule has 0 fully saturated rings. The summed E-state index contributed by atoms with van der Waals surface area (Å²) in [4.78, 5) is 10.6. The van der Waals surface area contributed by atoms with E-state index in [9.17, 15) is 0 Å². The molecule has 0 saturated heterocycles. The van der Waals surface area contributed by atoms with Crippen LogP contribution in [-0.4, -0.2) is 9.97 Å². The molecule has 3 nitrogen and oxygen atoms in total. The van der Waals surface area contributed by atoms with Gasteiger partial charge in [0.15, 0.2) is 5.82 Å². The minimum Gasteiger partial charge on any atom is -0.455 e. The summed E-state index contributed by atoms with van der Waals surface area (Å²) in [6.45, 7) is 4.70. The minimum absolute atomic E-state index is 0.0787. The van der Waals surface area contributed by atoms with Gasteiger partial charge in [-0.25, -0.2) is 9.97 Å². The summed E-state index contributed by atoms with van der Waals surface area (Å²) in [5.41, 5.74) is 14.1. The summed E-state index contributed by atoms with van der Waals surface area (Å²) in [5.74, 6) is 0.679. The molecule has 11 rings (SSSR count). The van der Waals surface area contributed by atoms with Crippen molar-refractivity contribution < 1.29 is 4.42 Å². The van der Waals surface area contributed by atoms with Crippen molar-refractivity contribution in [3.05, 3.63) is 181 Å². The molecule has 3 heteroatoms. The van der Waals surface area contributed by atoms with Gasteiger partial charge >= 0.3 is 0 Å². The molecule has 0 amide bonds. The topological polar surface area (TPSA) is 38.9 Å². The number of rotatable bonds is 4. The fourth-order valence-electron chi connectivity index (χ4n) is 8.76. The van der Waals surface area contributed by atoms with E-state index < -0.39 is 0 Å². The predicted octanol–water partition coefficient (Wildman–Crippen LogP) is 13.7. The third kappa shape index (κ3) is 4.61. The second-order valence-electron chi connectivity index (χ2n) is 14.9. The smallest absolute Gasteiger partial charge is 0.161 e. The Balaban J connectivity index is 1.10. The van der Waals surface area contributed by atoms with Crippen molar-refractivity contribution in [3.63, 3.8) is 0 Å². The maximum atomic E-state index is 6.49. The van der Waals surface area contributed by atoms with Crippen LogP contribution in [0.15, 0.2) is 174 Å². The number of benzene rings is 8. The van der Waals surface area contributed by atoms with Crippen LogP contribution in [0.5, 0.6) is 0 Å². The number of furan rings is 1. The lowest BCUT2D eigenvalue weighted by atomic mass is 9.81. The van der Waals surface area contributed by atoms with E-state index in [-0.39, 0.29) is 5.41 Å². The second kappa shape index (κ2) is 11.6. The van der Waals surface area contributed by atoms with Crippen molar-refractivity contribution in [2.45, 2.75) is 19.3 Å². The quantitative estimate of drug-likeness (QED) is 0.184. The standard InChI is InChI=1S/C51H34N2O/c1-51(2)44-26-23-34(28-42(44)43-27-32-15-6-7-16-33(32)29-45(43)51)35-24-25-40(37-18-9-8-17-36(35)37)50-52-46(31-13-4-3-5-14-31)30-47(53-50)41-21-12-20-39-38-19-10-11-22-48(38)54-49(39)41/h3-30H,1-2H3. The Morgan fingerprint density at radius 2 is 1.06 bits per heavy atom. The van der Waals surface area contributed by atoms with Gasteiger partial charge in [0.2, 0.25) is 0 Å². The van der Waals surface area contributed by atoms with Gasteiger partial charge < -0.3 is 4.42 Å². The molecule has 0 N–H and O–H groups in total. The molecular formula is C51H34N2O. The Morgan fingerprint density at radius 1 is 0.407 bits per heavy atom. The van der Waals surface area contributed by atoms with Crippen molar-refractivity contribution in [3.8, 4) is 56.2 Å². The van der Waals surface area contributed by atoms with E-state index in [1.165, 1.54) is 49.5 Å². The van der Waals surface area contributed by atoms with Crippen LogP contribution in [-0.2, 0) is 5.41 Å². The number of nitrogens with zero attached hydrogens (tertiary/aromatic N) is 2. The highest BCUT2D eigenvalue weighted by Crippen LogP contribution is 2.51. The number of fused-ring (bicyclic) bond motifs is 8. The number of hydrogen-bond acceptors (Lipinski definition) is 3. The van der Waals surface area contributed by atoms with E-state index in [0.717, 1.165) is 55.4 Å². The Hall–Kier alpha value is -6.84. The van der Waals surface area contributed by atoms with Gasteiger partial charge in [-0.1, -0.05) is 141 Å². The van der Waals surface area contributed by atoms with E-state index in [1.807, 2.05) is 18.2 Å². The molecule has 0 atom stereocenters. The zero-order chi connectivity index (χ0) is 36.0. The molecule has 0 bridgehead atoms. The molecule has 1 aliphatic carbocycles. The monoisotopic (exact) mass is 690 g/mol. The van der Waals surface area contributed by atoms with Crippen molar-refractivity contribution in [1.82, 2.24) is 9.97 Å². The molecule has 2 heterocycles. The normalized spacial score (nSPS) is 13.1. The molecule has 0 radical (unpaired) electrons. The highest BCUT2D eigenvalue weighted by molar-refractivity contribution is 6.10. The van der Waals surface area contributed by atoms with Crippen LogP contribution >= 0.6 is 0 Å². The first-order chi connectivity index (χ1) is 26.5. The van der Waals surface area contributed by atoms with Crippen LogP contribution in [0.2, 0.25) is 0 Å². The minimum atomic E-state index is -0.0787. The van der Waals surface area contributed by atoms with Gasteiger partial charge in [-0.05, 0) is 97.4 Å². The largest absolute Gasteiger partial charge is 0.455 e. The molecule has 2 aromatic heterocycles. The van der Waals surface area contributed by atoms with E-state index in [1.54, 1.807) is 0 Å². The first-order valence-electron chi connectivity index (χ1n) is 18.6. The Labute approximate surface area is 313 Å². The summed E-state index contributed by atoms with van der Waals surface area (Å²) in [6.07, 6.45) is 0. The average molecular weight is 691 g/mol. The third-order valence-electron chi connectivity index (χ3n) is 11.5. The molecule has 0 aliphatic heterocycles. The van der Waals surface area contributed by atoms with Gasteiger partial charge in [0.25, 0.3) is 0 Å². The molecule has 10 aromatic rings. The van der Waals surface area contributed by atoms with Crippen LogP contribution in [0, 0.1) is 0 Å². The molecule has 54 heavy (non-hydrogen) atoms. The van der Waals surface area contributed by atoms with Crippen molar-refractivity contribution in [2.24, 2.45) is 0 Å². The highest BCUT2D eigenvalue weighted by atomic mass is 16.3. The summed E-state index contributed by atoms with van der Waals surface area (Å²) in [6, 6.07) is 60.6. The van der Waals surface area contributed by atoms with Crippen molar-refractivity contribution in [1.29, 1.82) is 0 Å². The first-order valence-corrected chi connectivity index (χ1v) is 18.6. The zero-order valence-electron chi connectivity index (χ0n) is 30.0. The highest BCUT2D eigenvalue weighted by Gasteiger charge is 2.36. The summed E-state index contributed by atoms with van der Waals surface area (Å²) < 4.78 is 6.49. The molecule has 1 aliphatic rings. The lowest BCUT2D eigenvalue weighted by Gasteiger charge is -2.22. The lowest BCUT2D eigenvalue weighted by molar-refractivity contribution is 0.661. The number of para-hydroxylation sites is 2. The van der Waals surface area contributed by atoms with E-state index >= 15 is 0 Å². The van der Waals surface area contributed by atoms with Gasteiger partial charge in [0, 0.05) is 32.9 Å². The van der Waals surface area contributed by atoms with Crippen LogP contribution in [0.1, 0.15) is 25.0 Å². The van der Waals surface area contributed by atoms with E-state index in [2.05, 4.69) is 166 Å². The van der Waals surface area contributed by atoms with Gasteiger partial charge in [-0.3, -0.25) is 0 Å². The fourth-order valence-corrected chi connectivity index (χ4v) is 8.76. The summed E-state index contributed by atoms with van der Waals surface area (Å²) in [7, 11) is 0. The average Bonchev–Trinajstić information content (AvgIpc) is 3.71. The molecular weight excluding hydrogens is 657 g/mol. The van der Waals surface area contributed by atoms with E-state index in [4.69, 9.17) is 14.4 Å². The van der Waals surface area contributed by atoms with Gasteiger partial charge in [-0.2, -0.15) is 0 Å². The van der Waals surface area contributed by atoms with Gasteiger partial charge in [0.1, 0.15) is 11.2 Å². The zero-order valence-corrected chi connectivity index (χ0v) is 30.0. The Morgan fingerprint density at radius 3 is 1.89 bits per heavy atom. The van der Waals surface area contributed by atoms with Crippen LogP contribution < -0.4 is 0 Å². The fraction of sp³-hybridized carbons (Fsp3) is 0.0588. The van der Waals surface area contributed by atoms with Gasteiger partial charge in [-0.15, -0.1) is 0 Å². The number of hydrogen-bond donors (Lipinski definition) is 0. The second-order valence-corrected chi connectivity index (χ2v) is 14.9. The van der Waals surface area contributed by atoms with Crippen molar-refractivity contribution >= 4 is 43.5 Å². The Kier molecular flexibility index (Phi) is 6.60. The summed E-state index contributed by atoms with van der Waals surface area (Å²) >= 11 is 0. The maximum absolute atomic E-state index is 6.49. The Bertz CT molecular complexity index is 3130. The first kappa shape index (κ1) is 30.8. The molecule has 0 unspecified atom stereocenters. The number of aromatic nitrogens is 2. The van der Waals surface area contributed by atoms with E-state index in [0.29, 0.717) is 5.82 Å². The molecule has 8 aromatic carbocycles. The molecule has 0 saturated carbocycles. The SMILES string of the molecule is CC1(C)c2ccc(-c3ccc(-c4nc(-c5ccccc5)cc(-c5cccc6c5oc5ccccc56)n4)c4ccccc34)cc2-c2cc3ccccc3cc21. The van der Waals surface area contributed by atoms with Crippen LogP contribution in [0.25, 0.3) is 99.6 Å². The van der Waals surface area contributed by atoms with Crippen LogP contribution in [0.4, 0.5) is 0 Å². The van der Waals surface area contributed by atoms with Gasteiger partial charge in [0.05, 0.1) is 11.4 Å². The maximum Gasteiger partial charge on any atom is 0.161 e. The molecule has 0 spiro atoms. The van der Waals surface area contributed by atoms with Crippen LogP contribution in [0.3, 0.4) is 0 Å². The lowest BCUT2D eigenvalue weighted by Crippen LogP contribution is -2.14.